The second-order valence-electron chi connectivity index (χ2n) is 4.36. The Morgan fingerprint density at radius 1 is 1.25 bits per heavy atom. The number of hydrogen-bond acceptors (Lipinski definition) is 4. The van der Waals surface area contributed by atoms with E-state index in [1.54, 1.807) is 22.9 Å². The highest BCUT2D eigenvalue weighted by Gasteiger charge is 2.09. The van der Waals surface area contributed by atoms with E-state index < -0.39 is 11.6 Å². The van der Waals surface area contributed by atoms with Gasteiger partial charge in [-0.3, -0.25) is 4.98 Å². The van der Waals surface area contributed by atoms with Gasteiger partial charge in [-0.05, 0) is 19.1 Å². The smallest absolute Gasteiger partial charge is 0.152 e. The topological polar surface area (TPSA) is 37.8 Å². The molecule has 2 heterocycles. The molecule has 0 atom stereocenters. The zero-order valence-corrected chi connectivity index (χ0v) is 11.5. The third kappa shape index (κ3) is 2.34. The van der Waals surface area contributed by atoms with Crippen LogP contribution >= 0.6 is 11.3 Å². The molecule has 20 heavy (non-hydrogen) atoms. The lowest BCUT2D eigenvalue weighted by atomic mass is 10.1. The van der Waals surface area contributed by atoms with Crippen LogP contribution < -0.4 is 5.32 Å². The summed E-state index contributed by atoms with van der Waals surface area (Å²) in [6, 6.07) is 3.83. The van der Waals surface area contributed by atoms with E-state index >= 15 is 0 Å². The van der Waals surface area contributed by atoms with Crippen LogP contribution in [0, 0.1) is 18.6 Å². The first-order valence-electron chi connectivity index (χ1n) is 6.02. The number of rotatable bonds is 3. The second kappa shape index (κ2) is 5.13. The van der Waals surface area contributed by atoms with Crippen LogP contribution in [0.25, 0.3) is 10.9 Å². The van der Waals surface area contributed by atoms with E-state index in [4.69, 9.17) is 0 Å². The van der Waals surface area contributed by atoms with Gasteiger partial charge in [0, 0.05) is 28.2 Å². The van der Waals surface area contributed by atoms with Crippen molar-refractivity contribution in [3.05, 3.63) is 52.1 Å². The van der Waals surface area contributed by atoms with Crippen molar-refractivity contribution in [2.75, 3.05) is 5.32 Å². The van der Waals surface area contributed by atoms with Crippen LogP contribution in [0.1, 0.15) is 10.6 Å². The Bertz CT molecular complexity index is 770. The van der Waals surface area contributed by atoms with Gasteiger partial charge in [0.05, 0.1) is 17.7 Å². The van der Waals surface area contributed by atoms with Gasteiger partial charge in [-0.25, -0.2) is 13.8 Å². The first-order valence-corrected chi connectivity index (χ1v) is 6.89. The maximum atomic E-state index is 13.7. The number of anilines is 1. The van der Waals surface area contributed by atoms with E-state index in [2.05, 4.69) is 15.3 Å². The molecule has 0 aliphatic carbocycles. The maximum absolute atomic E-state index is 13.7. The van der Waals surface area contributed by atoms with Crippen molar-refractivity contribution in [2.45, 2.75) is 13.5 Å². The van der Waals surface area contributed by atoms with Gasteiger partial charge in [-0.2, -0.15) is 0 Å². The standard InChI is InChI=1S/C14H11F2N3S/c1-8-13(20-7-19-8)6-18-12-2-3-17-14-10(12)4-9(15)5-11(14)16/h2-5,7H,6H2,1H3,(H,17,18). The van der Waals surface area contributed by atoms with E-state index in [-0.39, 0.29) is 5.52 Å². The Morgan fingerprint density at radius 3 is 2.85 bits per heavy atom. The molecule has 0 fully saturated rings. The third-order valence-corrected chi connectivity index (χ3v) is 3.98. The number of hydrogen-bond donors (Lipinski definition) is 1. The molecule has 0 aliphatic heterocycles. The molecule has 2 aromatic heterocycles. The Balaban J connectivity index is 1.97. The molecule has 0 unspecified atom stereocenters. The number of aromatic nitrogens is 2. The van der Waals surface area contributed by atoms with Crippen LogP contribution in [0.2, 0.25) is 0 Å². The molecule has 3 rings (SSSR count). The summed E-state index contributed by atoms with van der Waals surface area (Å²) in [5, 5.41) is 3.62. The van der Waals surface area contributed by atoms with E-state index in [9.17, 15) is 8.78 Å². The van der Waals surface area contributed by atoms with Crippen molar-refractivity contribution >= 4 is 27.9 Å². The molecule has 0 aliphatic rings. The quantitative estimate of drug-likeness (QED) is 0.795. The van der Waals surface area contributed by atoms with Crippen LogP contribution in [0.5, 0.6) is 0 Å². The van der Waals surface area contributed by atoms with Crippen molar-refractivity contribution < 1.29 is 8.78 Å². The number of fused-ring (bicyclic) bond motifs is 1. The molecule has 1 N–H and O–H groups in total. The summed E-state index contributed by atoms with van der Waals surface area (Å²) in [6.45, 7) is 2.49. The average molecular weight is 291 g/mol. The predicted molar refractivity (Wildman–Crippen MR) is 75.8 cm³/mol. The van der Waals surface area contributed by atoms with E-state index in [1.807, 2.05) is 6.92 Å². The molecule has 3 nitrogen and oxygen atoms in total. The van der Waals surface area contributed by atoms with Gasteiger partial charge < -0.3 is 5.32 Å². The molecule has 0 saturated heterocycles. The van der Waals surface area contributed by atoms with Crippen molar-refractivity contribution in [1.29, 1.82) is 0 Å². The van der Waals surface area contributed by atoms with Gasteiger partial charge in [-0.15, -0.1) is 11.3 Å². The molecule has 0 bridgehead atoms. The van der Waals surface area contributed by atoms with Crippen LogP contribution in [0.4, 0.5) is 14.5 Å². The van der Waals surface area contributed by atoms with Crippen molar-refractivity contribution in [2.24, 2.45) is 0 Å². The van der Waals surface area contributed by atoms with Gasteiger partial charge >= 0.3 is 0 Å². The molecule has 0 spiro atoms. The number of aryl methyl sites for hydroxylation is 1. The molecule has 102 valence electrons. The van der Waals surface area contributed by atoms with Crippen molar-refractivity contribution in [1.82, 2.24) is 9.97 Å². The van der Waals surface area contributed by atoms with Crippen LogP contribution in [0.15, 0.2) is 29.9 Å². The fraction of sp³-hybridized carbons (Fsp3) is 0.143. The molecule has 0 saturated carbocycles. The van der Waals surface area contributed by atoms with Gasteiger partial charge in [0.2, 0.25) is 0 Å². The van der Waals surface area contributed by atoms with Crippen molar-refractivity contribution in [3.63, 3.8) is 0 Å². The number of pyridine rings is 1. The number of thiazole rings is 1. The predicted octanol–water partition coefficient (Wildman–Crippen LogP) is 3.89. The number of nitrogens with zero attached hydrogens (tertiary/aromatic N) is 2. The Kier molecular flexibility index (Phi) is 3.31. The first-order chi connectivity index (χ1) is 9.65. The molecule has 6 heteroatoms. The minimum Gasteiger partial charge on any atom is -0.379 e. The third-order valence-electron chi connectivity index (χ3n) is 3.05. The van der Waals surface area contributed by atoms with E-state index in [0.717, 1.165) is 16.6 Å². The molecule has 1 aromatic carbocycles. The Labute approximate surface area is 118 Å². The zero-order chi connectivity index (χ0) is 14.1. The molecule has 0 amide bonds. The largest absolute Gasteiger partial charge is 0.379 e. The summed E-state index contributed by atoms with van der Waals surface area (Å²) in [4.78, 5) is 9.21. The molecule has 0 radical (unpaired) electrons. The minimum absolute atomic E-state index is 0.164. The first kappa shape index (κ1) is 12.9. The van der Waals surface area contributed by atoms with Gasteiger partial charge in [-0.1, -0.05) is 0 Å². The fourth-order valence-corrected chi connectivity index (χ4v) is 2.72. The Hall–Kier alpha value is -2.08. The minimum atomic E-state index is -0.655. The lowest BCUT2D eigenvalue weighted by molar-refractivity contribution is 0.590. The summed E-state index contributed by atoms with van der Waals surface area (Å²) in [5.74, 6) is -1.27. The van der Waals surface area contributed by atoms with E-state index in [0.29, 0.717) is 17.6 Å². The second-order valence-corrected chi connectivity index (χ2v) is 5.30. The zero-order valence-electron chi connectivity index (χ0n) is 10.7. The SMILES string of the molecule is Cc1ncsc1CNc1ccnc2c(F)cc(F)cc12. The van der Waals surface area contributed by atoms with Gasteiger partial charge in [0.15, 0.2) is 5.82 Å². The highest BCUT2D eigenvalue weighted by atomic mass is 32.1. The lowest BCUT2D eigenvalue weighted by Gasteiger charge is -2.09. The normalized spacial score (nSPS) is 10.9. The summed E-state index contributed by atoms with van der Waals surface area (Å²) in [7, 11) is 0. The Morgan fingerprint density at radius 2 is 2.10 bits per heavy atom. The van der Waals surface area contributed by atoms with Crippen molar-refractivity contribution in [3.8, 4) is 0 Å². The summed E-state index contributed by atoms with van der Waals surface area (Å²) >= 11 is 1.54. The van der Waals surface area contributed by atoms with Crippen LogP contribution in [0.3, 0.4) is 0 Å². The highest BCUT2D eigenvalue weighted by Crippen LogP contribution is 2.26. The lowest BCUT2D eigenvalue weighted by Crippen LogP contribution is -2.01. The fourth-order valence-electron chi connectivity index (χ4n) is 2.00. The maximum Gasteiger partial charge on any atom is 0.152 e. The molecular formula is C14H11F2N3S. The molecule has 3 aromatic rings. The average Bonchev–Trinajstić information content (AvgIpc) is 2.82. The van der Waals surface area contributed by atoms with Crippen LogP contribution in [-0.2, 0) is 6.54 Å². The molecular weight excluding hydrogens is 280 g/mol. The summed E-state index contributed by atoms with van der Waals surface area (Å²) in [5.41, 5.74) is 3.55. The van der Waals surface area contributed by atoms with Gasteiger partial charge in [0.25, 0.3) is 0 Å². The van der Waals surface area contributed by atoms with Gasteiger partial charge in [0.1, 0.15) is 11.3 Å². The number of benzene rings is 1. The monoisotopic (exact) mass is 291 g/mol. The number of halogens is 2. The number of nitrogens with one attached hydrogen (secondary N) is 1. The summed E-state index contributed by atoms with van der Waals surface area (Å²) in [6.07, 6.45) is 1.51. The summed E-state index contributed by atoms with van der Waals surface area (Å²) < 4.78 is 27.0. The highest BCUT2D eigenvalue weighted by molar-refractivity contribution is 7.09. The van der Waals surface area contributed by atoms with E-state index in [1.165, 1.54) is 12.3 Å². The van der Waals surface area contributed by atoms with Crippen LogP contribution in [-0.4, -0.2) is 9.97 Å².